The van der Waals surface area contributed by atoms with Crippen molar-refractivity contribution in [2.24, 2.45) is 5.92 Å². The first-order valence-electron chi connectivity index (χ1n) is 17.4. The number of likely N-dealkylation sites (tertiary alicyclic amines) is 1. The average molecular weight is 644 g/mol. The monoisotopic (exact) mass is 643 g/mol. The quantitative estimate of drug-likeness (QED) is 0.237. The molecule has 1 amide bonds. The summed E-state index contributed by atoms with van der Waals surface area (Å²) >= 11 is 1.91. The van der Waals surface area contributed by atoms with Gasteiger partial charge in [0.1, 0.15) is 6.61 Å². The largest absolute Gasteiger partial charge is 0.473 e. The summed E-state index contributed by atoms with van der Waals surface area (Å²) in [5, 5.41) is 0. The molecule has 2 saturated heterocycles. The molecule has 0 bridgehead atoms. The fourth-order valence-corrected chi connectivity index (χ4v) is 9.55. The van der Waals surface area contributed by atoms with Gasteiger partial charge in [-0.1, -0.05) is 37.3 Å². The summed E-state index contributed by atoms with van der Waals surface area (Å²) < 4.78 is 18.0. The molecule has 2 atom stereocenters. The minimum absolute atomic E-state index is 0.157. The maximum atomic E-state index is 14.1. The molecule has 3 aliphatic heterocycles. The van der Waals surface area contributed by atoms with Crippen LogP contribution in [-0.4, -0.2) is 71.8 Å². The van der Waals surface area contributed by atoms with Gasteiger partial charge in [-0.05, 0) is 87.5 Å². The zero-order chi connectivity index (χ0) is 31.8. The second kappa shape index (κ2) is 13.8. The Morgan fingerprint density at radius 1 is 1.04 bits per heavy atom. The Balaban J connectivity index is 0.975. The maximum Gasteiger partial charge on any atom is 0.255 e. The van der Waals surface area contributed by atoms with E-state index in [4.69, 9.17) is 19.2 Å². The predicted octanol–water partition coefficient (Wildman–Crippen LogP) is 7.00. The van der Waals surface area contributed by atoms with Gasteiger partial charge in [0.25, 0.3) is 5.91 Å². The number of amides is 1. The fourth-order valence-electron chi connectivity index (χ4n) is 8.11. The SMILES string of the molecule is Cc1cc(C)c(CN2CCc3sc([C@H](C)[C@H]4CC[C@H](N5CC(O[C@@H]6CCOC6)C5)CC4)c(C)c3C2=O)c(OCc2ccccc2)n1. The number of hydrogen-bond acceptors (Lipinski definition) is 7. The van der Waals surface area contributed by atoms with E-state index < -0.39 is 0 Å². The highest BCUT2D eigenvalue weighted by Crippen LogP contribution is 2.44. The van der Waals surface area contributed by atoms with Gasteiger partial charge in [0.05, 0.1) is 30.9 Å². The van der Waals surface area contributed by atoms with Crippen LogP contribution in [0.25, 0.3) is 0 Å². The van der Waals surface area contributed by atoms with E-state index in [0.29, 0.717) is 49.1 Å². The first-order valence-corrected chi connectivity index (χ1v) is 18.2. The van der Waals surface area contributed by atoms with Crippen LogP contribution in [0.1, 0.15) is 93.0 Å². The van der Waals surface area contributed by atoms with E-state index in [9.17, 15) is 4.79 Å². The molecule has 3 fully saturated rings. The smallest absolute Gasteiger partial charge is 0.255 e. The third kappa shape index (κ3) is 6.64. The van der Waals surface area contributed by atoms with Crippen molar-refractivity contribution in [1.82, 2.24) is 14.8 Å². The summed E-state index contributed by atoms with van der Waals surface area (Å²) in [5.41, 5.74) is 6.31. The molecule has 2 aromatic heterocycles. The Labute approximate surface area is 278 Å². The fraction of sp³-hybridized carbons (Fsp3) is 0.579. The van der Waals surface area contributed by atoms with Crippen LogP contribution in [0.2, 0.25) is 0 Å². The standard InChI is InChI=1S/C38H49N3O4S/c1-24-18-25(2)39-37(44-22-28-8-6-5-7-9-28)33(24)21-40-16-14-34-35(38(40)42)27(4)36(46-34)26(3)29-10-12-30(13-11-29)41-19-32(20-41)45-31-15-17-43-23-31/h5-9,18,26,29-32H,10-17,19-23H2,1-4H3/t26-,29-,30-,31-/m1/s1. The van der Waals surface area contributed by atoms with Crippen molar-refractivity contribution in [2.75, 3.05) is 32.8 Å². The first kappa shape index (κ1) is 31.8. The summed E-state index contributed by atoms with van der Waals surface area (Å²) in [7, 11) is 0. The minimum atomic E-state index is 0.157. The van der Waals surface area contributed by atoms with E-state index >= 15 is 0 Å². The van der Waals surface area contributed by atoms with Crippen LogP contribution in [0.4, 0.5) is 0 Å². The zero-order valence-electron chi connectivity index (χ0n) is 27.9. The van der Waals surface area contributed by atoms with Crippen molar-refractivity contribution in [3.05, 3.63) is 79.7 Å². The molecule has 1 aliphatic carbocycles. The highest BCUT2D eigenvalue weighted by Gasteiger charge is 2.39. The van der Waals surface area contributed by atoms with Crippen LogP contribution in [0.3, 0.4) is 0 Å². The summed E-state index contributed by atoms with van der Waals surface area (Å²) in [6.45, 7) is 14.2. The van der Waals surface area contributed by atoms with Crippen molar-refractivity contribution < 1.29 is 19.0 Å². The Hall–Kier alpha value is -2.78. The van der Waals surface area contributed by atoms with Crippen molar-refractivity contribution in [2.45, 2.75) is 104 Å². The molecule has 4 aliphatic rings. The highest BCUT2D eigenvalue weighted by molar-refractivity contribution is 7.12. The second-order valence-corrected chi connectivity index (χ2v) is 15.2. The van der Waals surface area contributed by atoms with Gasteiger partial charge in [0.2, 0.25) is 5.88 Å². The first-order chi connectivity index (χ1) is 22.3. The summed E-state index contributed by atoms with van der Waals surface area (Å²) in [4.78, 5) is 26.2. The number of aryl methyl sites for hydroxylation is 2. The van der Waals surface area contributed by atoms with Crippen molar-refractivity contribution >= 4 is 17.2 Å². The number of pyridine rings is 1. The van der Waals surface area contributed by atoms with E-state index in [2.05, 4.69) is 43.9 Å². The number of nitrogens with zero attached hydrogens (tertiary/aromatic N) is 3. The van der Waals surface area contributed by atoms with Gasteiger partial charge < -0.3 is 19.1 Å². The number of hydrogen-bond donors (Lipinski definition) is 0. The zero-order valence-corrected chi connectivity index (χ0v) is 28.7. The van der Waals surface area contributed by atoms with E-state index in [1.54, 1.807) is 0 Å². The Morgan fingerprint density at radius 2 is 1.83 bits per heavy atom. The highest BCUT2D eigenvalue weighted by atomic mass is 32.1. The third-order valence-electron chi connectivity index (χ3n) is 10.9. The predicted molar refractivity (Wildman–Crippen MR) is 182 cm³/mol. The molecule has 1 aromatic carbocycles. The number of carbonyl (C=O) groups is 1. The number of rotatable bonds is 10. The maximum absolute atomic E-state index is 14.1. The molecule has 0 N–H and O–H groups in total. The Bertz CT molecular complexity index is 1520. The van der Waals surface area contributed by atoms with Crippen LogP contribution in [0.15, 0.2) is 36.4 Å². The summed E-state index contributed by atoms with van der Waals surface area (Å²) in [6, 6.07) is 13.0. The Kier molecular flexibility index (Phi) is 9.51. The van der Waals surface area contributed by atoms with Crippen molar-refractivity contribution in [3.63, 3.8) is 0 Å². The summed E-state index contributed by atoms with van der Waals surface area (Å²) in [5.74, 6) is 1.95. The topological polar surface area (TPSA) is 64.1 Å². The van der Waals surface area contributed by atoms with E-state index in [1.807, 2.05) is 41.4 Å². The molecule has 246 valence electrons. The number of fused-ring (bicyclic) bond motifs is 1. The van der Waals surface area contributed by atoms with E-state index in [0.717, 1.165) is 73.6 Å². The lowest BCUT2D eigenvalue weighted by molar-refractivity contribution is -0.110. The summed E-state index contributed by atoms with van der Waals surface area (Å²) in [6.07, 6.45) is 7.71. The van der Waals surface area contributed by atoms with Crippen LogP contribution < -0.4 is 4.74 Å². The van der Waals surface area contributed by atoms with Crippen LogP contribution in [0.5, 0.6) is 5.88 Å². The molecule has 7 rings (SSSR count). The molecule has 5 heterocycles. The molecule has 8 heteroatoms. The van der Waals surface area contributed by atoms with Gasteiger partial charge in [-0.2, -0.15) is 0 Å². The lowest BCUT2D eigenvalue weighted by atomic mass is 9.76. The van der Waals surface area contributed by atoms with Crippen LogP contribution in [-0.2, 0) is 29.0 Å². The van der Waals surface area contributed by atoms with Crippen LogP contribution in [0, 0.1) is 26.7 Å². The van der Waals surface area contributed by atoms with Gasteiger partial charge >= 0.3 is 0 Å². The van der Waals surface area contributed by atoms with Crippen molar-refractivity contribution in [1.29, 1.82) is 0 Å². The van der Waals surface area contributed by atoms with Gasteiger partial charge in [-0.3, -0.25) is 9.69 Å². The molecule has 3 aromatic rings. The van der Waals surface area contributed by atoms with Gasteiger partial charge in [-0.15, -0.1) is 11.3 Å². The van der Waals surface area contributed by atoms with Gasteiger partial charge in [0.15, 0.2) is 0 Å². The third-order valence-corrected chi connectivity index (χ3v) is 12.5. The number of benzene rings is 1. The van der Waals surface area contributed by atoms with Crippen LogP contribution >= 0.6 is 11.3 Å². The average Bonchev–Trinajstić information content (AvgIpc) is 3.68. The molecule has 46 heavy (non-hydrogen) atoms. The molecule has 0 unspecified atom stereocenters. The number of thiophene rings is 1. The normalized spacial score (nSPS) is 24.6. The van der Waals surface area contributed by atoms with Gasteiger partial charge in [0, 0.05) is 59.7 Å². The molecule has 7 nitrogen and oxygen atoms in total. The second-order valence-electron chi connectivity index (χ2n) is 14.1. The lowest BCUT2D eigenvalue weighted by Gasteiger charge is -2.47. The Morgan fingerprint density at radius 3 is 2.57 bits per heavy atom. The molecule has 1 saturated carbocycles. The molecular formula is C38H49N3O4S. The molecule has 0 radical (unpaired) electrons. The molecular weight excluding hydrogens is 595 g/mol. The number of carbonyl (C=O) groups excluding carboxylic acids is 1. The van der Waals surface area contributed by atoms with E-state index in [-0.39, 0.29) is 5.91 Å². The number of ether oxygens (including phenoxy) is 3. The van der Waals surface area contributed by atoms with E-state index in [1.165, 1.54) is 41.0 Å². The van der Waals surface area contributed by atoms with Crippen molar-refractivity contribution in [3.8, 4) is 5.88 Å². The minimum Gasteiger partial charge on any atom is -0.473 e. The van der Waals surface area contributed by atoms with Gasteiger partial charge in [-0.25, -0.2) is 4.98 Å². The number of aromatic nitrogens is 1. The molecule has 0 spiro atoms. The lowest BCUT2D eigenvalue weighted by Crippen LogP contribution is -2.58.